The van der Waals surface area contributed by atoms with Crippen LogP contribution in [0, 0.1) is 19.8 Å². The highest BCUT2D eigenvalue weighted by atomic mass is 32.1. The zero-order valence-corrected chi connectivity index (χ0v) is 11.5. The molecule has 0 saturated heterocycles. The molecule has 0 fully saturated rings. The van der Waals surface area contributed by atoms with Gasteiger partial charge in [-0.1, -0.05) is 13.8 Å². The van der Waals surface area contributed by atoms with E-state index in [0.29, 0.717) is 5.92 Å². The van der Waals surface area contributed by atoms with Crippen molar-refractivity contribution in [3.63, 3.8) is 0 Å². The lowest BCUT2D eigenvalue weighted by molar-refractivity contribution is 0.0336. The SMILES string of the molecule is Cc1cc(C(=O)COC(C)C(C)C)c(C)s1. The number of ketones is 1. The van der Waals surface area contributed by atoms with Gasteiger partial charge in [-0.3, -0.25) is 4.79 Å². The lowest BCUT2D eigenvalue weighted by Crippen LogP contribution is -2.20. The van der Waals surface area contributed by atoms with Crippen LogP contribution in [0.15, 0.2) is 6.07 Å². The minimum atomic E-state index is 0.0920. The molecule has 90 valence electrons. The summed E-state index contributed by atoms with van der Waals surface area (Å²) < 4.78 is 5.54. The van der Waals surface area contributed by atoms with E-state index in [-0.39, 0.29) is 18.5 Å². The lowest BCUT2D eigenvalue weighted by Gasteiger charge is -2.15. The van der Waals surface area contributed by atoms with E-state index in [4.69, 9.17) is 4.74 Å². The minimum absolute atomic E-state index is 0.0920. The first-order valence-electron chi connectivity index (χ1n) is 5.63. The van der Waals surface area contributed by atoms with E-state index in [2.05, 4.69) is 13.8 Å². The molecule has 0 radical (unpaired) electrons. The Kier molecular flexibility index (Phi) is 4.69. The molecule has 1 rings (SSSR count). The summed E-state index contributed by atoms with van der Waals surface area (Å²) in [4.78, 5) is 14.2. The maximum absolute atomic E-state index is 11.9. The molecule has 1 heterocycles. The standard InChI is InChI=1S/C13H20O2S/c1-8(2)10(4)15-7-13(14)12-6-9(3)16-11(12)5/h6,8,10H,7H2,1-5H3. The van der Waals surface area contributed by atoms with Gasteiger partial charge in [0.25, 0.3) is 0 Å². The smallest absolute Gasteiger partial charge is 0.189 e. The van der Waals surface area contributed by atoms with Gasteiger partial charge in [0.1, 0.15) is 6.61 Å². The van der Waals surface area contributed by atoms with E-state index in [1.807, 2.05) is 26.8 Å². The molecule has 0 aromatic carbocycles. The number of ether oxygens (including phenoxy) is 1. The number of aryl methyl sites for hydroxylation is 2. The fourth-order valence-electron chi connectivity index (χ4n) is 1.38. The minimum Gasteiger partial charge on any atom is -0.370 e. The van der Waals surface area contributed by atoms with Crippen LogP contribution in [0.25, 0.3) is 0 Å². The molecule has 1 aromatic rings. The van der Waals surface area contributed by atoms with Crippen LogP contribution in [0.5, 0.6) is 0 Å². The Morgan fingerprint density at radius 1 is 1.38 bits per heavy atom. The van der Waals surface area contributed by atoms with Crippen molar-refractivity contribution in [1.82, 2.24) is 0 Å². The summed E-state index contributed by atoms with van der Waals surface area (Å²) in [7, 11) is 0. The topological polar surface area (TPSA) is 26.3 Å². The van der Waals surface area contributed by atoms with Crippen molar-refractivity contribution in [3.8, 4) is 0 Å². The maximum atomic E-state index is 11.9. The van der Waals surface area contributed by atoms with E-state index in [1.54, 1.807) is 11.3 Å². The molecule has 1 aromatic heterocycles. The molecule has 0 aliphatic heterocycles. The molecule has 0 N–H and O–H groups in total. The van der Waals surface area contributed by atoms with Crippen LogP contribution < -0.4 is 0 Å². The van der Waals surface area contributed by atoms with Gasteiger partial charge >= 0.3 is 0 Å². The van der Waals surface area contributed by atoms with Crippen LogP contribution in [0.3, 0.4) is 0 Å². The van der Waals surface area contributed by atoms with E-state index >= 15 is 0 Å². The second-order valence-electron chi connectivity index (χ2n) is 4.51. The van der Waals surface area contributed by atoms with E-state index < -0.39 is 0 Å². The van der Waals surface area contributed by atoms with Crippen molar-refractivity contribution < 1.29 is 9.53 Å². The van der Waals surface area contributed by atoms with Crippen LogP contribution >= 0.6 is 11.3 Å². The van der Waals surface area contributed by atoms with Crippen LogP contribution in [0.2, 0.25) is 0 Å². The van der Waals surface area contributed by atoms with Crippen molar-refractivity contribution >= 4 is 17.1 Å². The van der Waals surface area contributed by atoms with Gasteiger partial charge in [0.2, 0.25) is 0 Å². The molecule has 0 aliphatic carbocycles. The molecule has 0 spiro atoms. The summed E-state index contributed by atoms with van der Waals surface area (Å²) in [6.45, 7) is 10.4. The van der Waals surface area contributed by atoms with Crippen LogP contribution in [0.4, 0.5) is 0 Å². The van der Waals surface area contributed by atoms with Crippen LogP contribution in [-0.4, -0.2) is 18.5 Å². The first-order valence-corrected chi connectivity index (χ1v) is 6.45. The van der Waals surface area contributed by atoms with Crippen molar-refractivity contribution in [3.05, 3.63) is 21.4 Å². The zero-order valence-electron chi connectivity index (χ0n) is 10.7. The molecule has 2 nitrogen and oxygen atoms in total. The number of hydrogen-bond donors (Lipinski definition) is 0. The summed E-state index contributed by atoms with van der Waals surface area (Å²) in [5.41, 5.74) is 0.818. The normalized spacial score (nSPS) is 13.1. The van der Waals surface area contributed by atoms with Crippen molar-refractivity contribution in [2.75, 3.05) is 6.61 Å². The van der Waals surface area contributed by atoms with Crippen LogP contribution in [0.1, 0.15) is 40.9 Å². The molecular weight excluding hydrogens is 220 g/mol. The Morgan fingerprint density at radius 2 is 2.00 bits per heavy atom. The third kappa shape index (κ3) is 3.42. The molecule has 3 heteroatoms. The Balaban J connectivity index is 2.56. The van der Waals surface area contributed by atoms with Crippen LogP contribution in [-0.2, 0) is 4.74 Å². The molecule has 0 amide bonds. The highest BCUT2D eigenvalue weighted by molar-refractivity contribution is 7.12. The number of hydrogen-bond acceptors (Lipinski definition) is 3. The van der Waals surface area contributed by atoms with Gasteiger partial charge in [-0.15, -0.1) is 11.3 Å². The molecule has 16 heavy (non-hydrogen) atoms. The molecule has 0 aliphatic rings. The van der Waals surface area contributed by atoms with E-state index in [1.165, 1.54) is 4.88 Å². The number of carbonyl (C=O) groups is 1. The highest BCUT2D eigenvalue weighted by Gasteiger charge is 2.14. The van der Waals surface area contributed by atoms with Crippen molar-refractivity contribution in [1.29, 1.82) is 0 Å². The summed E-state index contributed by atoms with van der Waals surface area (Å²) in [6.07, 6.45) is 0.129. The number of thiophene rings is 1. The third-order valence-corrected chi connectivity index (χ3v) is 3.72. The van der Waals surface area contributed by atoms with Gasteiger partial charge in [-0.2, -0.15) is 0 Å². The Labute approximate surface area is 102 Å². The predicted molar refractivity (Wildman–Crippen MR) is 68.4 cm³/mol. The van der Waals surface area contributed by atoms with Gasteiger partial charge in [-0.05, 0) is 32.8 Å². The average Bonchev–Trinajstić information content (AvgIpc) is 2.53. The number of carbonyl (C=O) groups excluding carboxylic acids is 1. The zero-order chi connectivity index (χ0) is 12.3. The quantitative estimate of drug-likeness (QED) is 0.735. The van der Waals surface area contributed by atoms with E-state index in [0.717, 1.165) is 10.4 Å². The third-order valence-electron chi connectivity index (χ3n) is 2.76. The van der Waals surface area contributed by atoms with E-state index in [9.17, 15) is 4.79 Å². The molecule has 1 unspecified atom stereocenters. The first-order chi connectivity index (χ1) is 7.41. The van der Waals surface area contributed by atoms with Gasteiger partial charge < -0.3 is 4.74 Å². The molecule has 0 bridgehead atoms. The first kappa shape index (κ1) is 13.4. The molecule has 0 saturated carbocycles. The van der Waals surface area contributed by atoms with Gasteiger partial charge in [-0.25, -0.2) is 0 Å². The maximum Gasteiger partial charge on any atom is 0.189 e. The summed E-state index contributed by atoms with van der Waals surface area (Å²) in [5.74, 6) is 0.535. The second kappa shape index (κ2) is 5.60. The fraction of sp³-hybridized carbons (Fsp3) is 0.615. The summed E-state index contributed by atoms with van der Waals surface area (Å²) in [5, 5.41) is 0. The second-order valence-corrected chi connectivity index (χ2v) is 5.97. The Hall–Kier alpha value is -0.670. The number of rotatable bonds is 5. The Bertz CT molecular complexity index is 366. The summed E-state index contributed by atoms with van der Waals surface area (Å²) >= 11 is 1.66. The number of Topliss-reactive ketones (excluding diaryl/α,β-unsaturated/α-hetero) is 1. The van der Waals surface area contributed by atoms with Crippen molar-refractivity contribution in [2.45, 2.75) is 40.7 Å². The monoisotopic (exact) mass is 240 g/mol. The fourth-order valence-corrected chi connectivity index (χ4v) is 2.33. The predicted octanol–water partition coefficient (Wildman–Crippen LogP) is 3.61. The summed E-state index contributed by atoms with van der Waals surface area (Å²) in [6, 6.07) is 1.95. The largest absolute Gasteiger partial charge is 0.370 e. The lowest BCUT2D eigenvalue weighted by atomic mass is 10.1. The average molecular weight is 240 g/mol. The van der Waals surface area contributed by atoms with Gasteiger partial charge in [0.05, 0.1) is 6.10 Å². The van der Waals surface area contributed by atoms with Crippen molar-refractivity contribution in [2.24, 2.45) is 5.92 Å². The molecule has 1 atom stereocenters. The van der Waals surface area contributed by atoms with Gasteiger partial charge in [0.15, 0.2) is 5.78 Å². The highest BCUT2D eigenvalue weighted by Crippen LogP contribution is 2.21. The Morgan fingerprint density at radius 3 is 2.44 bits per heavy atom. The van der Waals surface area contributed by atoms with Gasteiger partial charge in [0, 0.05) is 15.3 Å². The molecular formula is C13H20O2S.